The SMILES string of the molecule is COC(=O)CC1CCCN(Cc2ccc(OC)cc2OC)C1=O. The first-order chi connectivity index (χ1) is 11.1. The van der Waals surface area contributed by atoms with E-state index in [0.717, 1.165) is 18.4 Å². The lowest BCUT2D eigenvalue weighted by molar-refractivity contribution is -0.148. The molecular formula is C17H23NO5. The average molecular weight is 321 g/mol. The summed E-state index contributed by atoms with van der Waals surface area (Å²) < 4.78 is 15.2. The van der Waals surface area contributed by atoms with Crippen LogP contribution in [0.1, 0.15) is 24.8 Å². The van der Waals surface area contributed by atoms with E-state index in [-0.39, 0.29) is 24.2 Å². The number of hydrogen-bond acceptors (Lipinski definition) is 5. The Morgan fingerprint density at radius 2 is 2.04 bits per heavy atom. The zero-order valence-corrected chi connectivity index (χ0v) is 13.8. The Balaban J connectivity index is 2.10. The summed E-state index contributed by atoms with van der Waals surface area (Å²) in [5.41, 5.74) is 0.917. The van der Waals surface area contributed by atoms with Crippen LogP contribution >= 0.6 is 0 Å². The topological polar surface area (TPSA) is 65.1 Å². The van der Waals surface area contributed by atoms with Gasteiger partial charge in [-0.25, -0.2) is 0 Å². The maximum absolute atomic E-state index is 12.6. The third kappa shape index (κ3) is 4.15. The van der Waals surface area contributed by atoms with Crippen LogP contribution in [0.3, 0.4) is 0 Å². The van der Waals surface area contributed by atoms with Crippen LogP contribution in [-0.2, 0) is 20.9 Å². The smallest absolute Gasteiger partial charge is 0.306 e. The molecule has 0 aliphatic carbocycles. The highest BCUT2D eigenvalue weighted by atomic mass is 16.5. The molecule has 0 saturated carbocycles. The average Bonchev–Trinajstić information content (AvgIpc) is 2.58. The van der Waals surface area contributed by atoms with E-state index < -0.39 is 0 Å². The molecule has 0 N–H and O–H groups in total. The van der Waals surface area contributed by atoms with E-state index in [9.17, 15) is 9.59 Å². The van der Waals surface area contributed by atoms with Crippen LogP contribution in [0.5, 0.6) is 11.5 Å². The third-order valence-corrected chi connectivity index (χ3v) is 4.14. The number of rotatable bonds is 6. The largest absolute Gasteiger partial charge is 0.497 e. The number of amides is 1. The molecule has 0 spiro atoms. The van der Waals surface area contributed by atoms with E-state index in [0.29, 0.717) is 24.6 Å². The monoisotopic (exact) mass is 321 g/mol. The Kier molecular flexibility index (Phi) is 5.84. The summed E-state index contributed by atoms with van der Waals surface area (Å²) in [6.45, 7) is 1.15. The van der Waals surface area contributed by atoms with Crippen molar-refractivity contribution in [3.05, 3.63) is 23.8 Å². The highest BCUT2D eigenvalue weighted by molar-refractivity contribution is 5.84. The van der Waals surface area contributed by atoms with Crippen LogP contribution in [0.15, 0.2) is 18.2 Å². The standard InChI is InChI=1S/C17H23NO5/c1-21-14-7-6-13(15(10-14)22-2)11-18-8-4-5-12(17(18)20)9-16(19)23-3/h6-7,10,12H,4-5,8-9,11H2,1-3H3. The summed E-state index contributed by atoms with van der Waals surface area (Å²) in [6.07, 6.45) is 1.75. The van der Waals surface area contributed by atoms with Crippen molar-refractivity contribution in [1.82, 2.24) is 4.90 Å². The minimum atomic E-state index is -0.341. The molecule has 2 rings (SSSR count). The number of carbonyl (C=O) groups is 2. The first kappa shape index (κ1) is 17.1. The van der Waals surface area contributed by atoms with Crippen LogP contribution in [-0.4, -0.2) is 44.7 Å². The fourth-order valence-electron chi connectivity index (χ4n) is 2.84. The first-order valence-electron chi connectivity index (χ1n) is 7.65. The second kappa shape index (κ2) is 7.85. The van der Waals surface area contributed by atoms with Gasteiger partial charge in [0.2, 0.25) is 5.91 Å². The van der Waals surface area contributed by atoms with Gasteiger partial charge in [0.15, 0.2) is 0 Å². The molecule has 6 heteroatoms. The molecule has 1 saturated heterocycles. The van der Waals surface area contributed by atoms with Crippen molar-refractivity contribution in [3.63, 3.8) is 0 Å². The Labute approximate surface area is 136 Å². The van der Waals surface area contributed by atoms with E-state index in [1.54, 1.807) is 25.2 Å². The summed E-state index contributed by atoms with van der Waals surface area (Å²) in [5, 5.41) is 0. The van der Waals surface area contributed by atoms with Crippen LogP contribution in [0, 0.1) is 5.92 Å². The molecule has 1 fully saturated rings. The quantitative estimate of drug-likeness (QED) is 0.750. The van der Waals surface area contributed by atoms with Crippen LogP contribution < -0.4 is 9.47 Å². The van der Waals surface area contributed by atoms with E-state index in [2.05, 4.69) is 4.74 Å². The minimum absolute atomic E-state index is 0.000443. The van der Waals surface area contributed by atoms with E-state index in [1.807, 2.05) is 12.1 Å². The molecule has 1 amide bonds. The molecule has 126 valence electrons. The van der Waals surface area contributed by atoms with Crippen molar-refractivity contribution >= 4 is 11.9 Å². The van der Waals surface area contributed by atoms with Crippen LogP contribution in [0.4, 0.5) is 0 Å². The molecule has 0 bridgehead atoms. The number of nitrogens with zero attached hydrogens (tertiary/aromatic N) is 1. The molecule has 1 atom stereocenters. The van der Waals surface area contributed by atoms with Gasteiger partial charge in [0.1, 0.15) is 11.5 Å². The van der Waals surface area contributed by atoms with E-state index in [4.69, 9.17) is 9.47 Å². The summed E-state index contributed by atoms with van der Waals surface area (Å²) in [5.74, 6) is 0.763. The number of benzene rings is 1. The molecule has 1 aromatic carbocycles. The fourth-order valence-corrected chi connectivity index (χ4v) is 2.84. The second-order valence-corrected chi connectivity index (χ2v) is 5.56. The van der Waals surface area contributed by atoms with Crippen molar-refractivity contribution in [2.24, 2.45) is 5.92 Å². The minimum Gasteiger partial charge on any atom is -0.497 e. The predicted octanol–water partition coefficient (Wildman–Crippen LogP) is 2.01. The highest BCUT2D eigenvalue weighted by Gasteiger charge is 2.31. The number of piperidine rings is 1. The fraction of sp³-hybridized carbons (Fsp3) is 0.529. The molecule has 23 heavy (non-hydrogen) atoms. The van der Waals surface area contributed by atoms with Crippen molar-refractivity contribution in [2.75, 3.05) is 27.9 Å². The summed E-state index contributed by atoms with van der Waals surface area (Å²) in [4.78, 5) is 25.8. The molecule has 0 aromatic heterocycles. The lowest BCUT2D eigenvalue weighted by atomic mass is 9.93. The molecule has 1 heterocycles. The molecule has 1 aromatic rings. The van der Waals surface area contributed by atoms with Gasteiger partial charge in [-0.1, -0.05) is 0 Å². The Morgan fingerprint density at radius 1 is 1.26 bits per heavy atom. The van der Waals surface area contributed by atoms with E-state index in [1.165, 1.54) is 7.11 Å². The molecule has 1 aliphatic heterocycles. The highest BCUT2D eigenvalue weighted by Crippen LogP contribution is 2.28. The van der Waals surface area contributed by atoms with Gasteiger partial charge in [-0.3, -0.25) is 9.59 Å². The van der Waals surface area contributed by atoms with Gasteiger partial charge >= 0.3 is 5.97 Å². The molecule has 1 aliphatic rings. The number of methoxy groups -OCH3 is 3. The number of ether oxygens (including phenoxy) is 3. The van der Waals surface area contributed by atoms with Crippen molar-refractivity contribution in [3.8, 4) is 11.5 Å². The summed E-state index contributed by atoms with van der Waals surface area (Å²) in [7, 11) is 4.53. The maximum Gasteiger partial charge on any atom is 0.306 e. The molecule has 1 unspecified atom stereocenters. The third-order valence-electron chi connectivity index (χ3n) is 4.14. The lowest BCUT2D eigenvalue weighted by Crippen LogP contribution is -2.41. The Morgan fingerprint density at radius 3 is 2.70 bits per heavy atom. The number of carbonyl (C=O) groups excluding carboxylic acids is 2. The zero-order valence-electron chi connectivity index (χ0n) is 13.8. The Bertz CT molecular complexity index is 572. The summed E-state index contributed by atoms with van der Waals surface area (Å²) >= 11 is 0. The van der Waals surface area contributed by atoms with Crippen molar-refractivity contribution in [1.29, 1.82) is 0 Å². The van der Waals surface area contributed by atoms with Gasteiger partial charge in [0.25, 0.3) is 0 Å². The number of esters is 1. The molecular weight excluding hydrogens is 298 g/mol. The number of likely N-dealkylation sites (tertiary alicyclic amines) is 1. The van der Waals surface area contributed by atoms with Gasteiger partial charge < -0.3 is 19.1 Å². The normalized spacial score (nSPS) is 17.8. The first-order valence-corrected chi connectivity index (χ1v) is 7.65. The van der Waals surface area contributed by atoms with Crippen LogP contribution in [0.2, 0.25) is 0 Å². The molecule has 6 nitrogen and oxygen atoms in total. The summed E-state index contributed by atoms with van der Waals surface area (Å²) in [6, 6.07) is 5.54. The number of hydrogen-bond donors (Lipinski definition) is 0. The van der Waals surface area contributed by atoms with Gasteiger partial charge in [-0.05, 0) is 25.0 Å². The predicted molar refractivity (Wildman–Crippen MR) is 84.3 cm³/mol. The van der Waals surface area contributed by atoms with Gasteiger partial charge in [0.05, 0.1) is 27.8 Å². The zero-order chi connectivity index (χ0) is 16.8. The van der Waals surface area contributed by atoms with Crippen LogP contribution in [0.25, 0.3) is 0 Å². The Hall–Kier alpha value is -2.24. The van der Waals surface area contributed by atoms with Crippen molar-refractivity contribution < 1.29 is 23.8 Å². The maximum atomic E-state index is 12.6. The lowest BCUT2D eigenvalue weighted by Gasteiger charge is -2.32. The van der Waals surface area contributed by atoms with Gasteiger partial charge in [-0.2, -0.15) is 0 Å². The van der Waals surface area contributed by atoms with E-state index >= 15 is 0 Å². The second-order valence-electron chi connectivity index (χ2n) is 5.56. The van der Waals surface area contributed by atoms with Gasteiger partial charge in [0, 0.05) is 30.6 Å². The van der Waals surface area contributed by atoms with Gasteiger partial charge in [-0.15, -0.1) is 0 Å². The molecule has 0 radical (unpaired) electrons. The van der Waals surface area contributed by atoms with Crippen molar-refractivity contribution in [2.45, 2.75) is 25.8 Å².